The van der Waals surface area contributed by atoms with Crippen LogP contribution >= 0.6 is 39.0 Å². The zero-order valence-electron chi connectivity index (χ0n) is 7.55. The first-order valence-corrected chi connectivity index (χ1v) is 6.70. The number of halogens is 1. The Balaban J connectivity index is 1.99. The van der Waals surface area contributed by atoms with Crippen molar-refractivity contribution in [1.82, 2.24) is 15.0 Å². The lowest BCUT2D eigenvalue weighted by Crippen LogP contribution is -1.96. The summed E-state index contributed by atoms with van der Waals surface area (Å²) < 4.78 is 1.11. The van der Waals surface area contributed by atoms with Crippen LogP contribution in [0.25, 0.3) is 0 Å². The summed E-state index contributed by atoms with van der Waals surface area (Å²) in [4.78, 5) is 13.0. The molecule has 7 heteroatoms. The van der Waals surface area contributed by atoms with E-state index in [1.807, 2.05) is 0 Å². The van der Waals surface area contributed by atoms with Crippen LogP contribution in [-0.2, 0) is 5.75 Å². The number of nitrogens with zero attached hydrogens (tertiary/aromatic N) is 3. The van der Waals surface area contributed by atoms with Gasteiger partial charge in [-0.05, 0) is 22.0 Å². The van der Waals surface area contributed by atoms with Crippen molar-refractivity contribution in [2.24, 2.45) is 0 Å². The third-order valence-corrected chi connectivity index (χ3v) is 4.32. The molecule has 0 saturated heterocycles. The monoisotopic (exact) mass is 302 g/mol. The Bertz CT molecular complexity index is 459. The van der Waals surface area contributed by atoms with Gasteiger partial charge in [-0.1, -0.05) is 11.8 Å². The van der Waals surface area contributed by atoms with E-state index in [0.717, 1.165) is 10.2 Å². The minimum Gasteiger partial charge on any atom is -0.368 e. The van der Waals surface area contributed by atoms with Crippen LogP contribution in [-0.4, -0.2) is 15.0 Å². The van der Waals surface area contributed by atoms with Gasteiger partial charge >= 0.3 is 0 Å². The number of rotatable bonds is 3. The standard InChI is InChI=1S/C8H7BrN4S2/c9-5-1-6(14-2-5)3-15-8-12-4-11-7(10)13-8/h1-2,4H,3H2,(H2,10,11,12,13). The number of nitrogen functional groups attached to an aromatic ring is 1. The summed E-state index contributed by atoms with van der Waals surface area (Å²) in [7, 11) is 0. The van der Waals surface area contributed by atoms with E-state index in [2.05, 4.69) is 42.3 Å². The summed E-state index contributed by atoms with van der Waals surface area (Å²) in [6, 6.07) is 2.09. The zero-order valence-corrected chi connectivity index (χ0v) is 10.8. The number of hydrogen-bond donors (Lipinski definition) is 1. The van der Waals surface area contributed by atoms with Crippen molar-refractivity contribution in [3.8, 4) is 0 Å². The van der Waals surface area contributed by atoms with Crippen molar-refractivity contribution in [3.05, 3.63) is 27.1 Å². The first-order chi connectivity index (χ1) is 7.24. The van der Waals surface area contributed by atoms with E-state index in [9.17, 15) is 0 Å². The first-order valence-electron chi connectivity index (χ1n) is 4.04. The molecule has 4 nitrogen and oxygen atoms in total. The third kappa shape index (κ3) is 3.15. The molecule has 2 heterocycles. The second-order valence-electron chi connectivity index (χ2n) is 2.65. The molecule has 0 spiro atoms. The van der Waals surface area contributed by atoms with Crippen LogP contribution in [0.2, 0.25) is 0 Å². The molecule has 0 fully saturated rings. The lowest BCUT2D eigenvalue weighted by Gasteiger charge is -1.97. The summed E-state index contributed by atoms with van der Waals surface area (Å²) in [5.41, 5.74) is 5.45. The Morgan fingerprint density at radius 1 is 1.47 bits per heavy atom. The zero-order chi connectivity index (χ0) is 10.7. The van der Waals surface area contributed by atoms with Gasteiger partial charge in [0.05, 0.1) is 0 Å². The Labute approximate surface area is 103 Å². The van der Waals surface area contributed by atoms with Crippen LogP contribution in [0.4, 0.5) is 5.95 Å². The summed E-state index contributed by atoms with van der Waals surface area (Å²) >= 11 is 6.66. The molecular formula is C8H7BrN4S2. The molecule has 15 heavy (non-hydrogen) atoms. The molecule has 0 amide bonds. The van der Waals surface area contributed by atoms with Crippen molar-refractivity contribution >= 4 is 45.0 Å². The van der Waals surface area contributed by atoms with E-state index in [-0.39, 0.29) is 5.95 Å². The number of anilines is 1. The molecule has 0 radical (unpaired) electrons. The van der Waals surface area contributed by atoms with Crippen molar-refractivity contribution in [2.45, 2.75) is 10.9 Å². The molecule has 2 aromatic heterocycles. The third-order valence-electron chi connectivity index (χ3n) is 1.53. The molecule has 2 N–H and O–H groups in total. The molecule has 0 saturated carbocycles. The Hall–Kier alpha value is -0.660. The predicted molar refractivity (Wildman–Crippen MR) is 65.8 cm³/mol. The smallest absolute Gasteiger partial charge is 0.223 e. The van der Waals surface area contributed by atoms with Gasteiger partial charge < -0.3 is 5.73 Å². The highest BCUT2D eigenvalue weighted by Gasteiger charge is 2.02. The Morgan fingerprint density at radius 2 is 2.33 bits per heavy atom. The Morgan fingerprint density at radius 3 is 3.00 bits per heavy atom. The van der Waals surface area contributed by atoms with E-state index < -0.39 is 0 Å². The van der Waals surface area contributed by atoms with Crippen LogP contribution in [0.5, 0.6) is 0 Å². The first kappa shape index (κ1) is 10.8. The van der Waals surface area contributed by atoms with Crippen LogP contribution < -0.4 is 5.73 Å². The van der Waals surface area contributed by atoms with Crippen molar-refractivity contribution in [2.75, 3.05) is 5.73 Å². The summed E-state index contributed by atoms with van der Waals surface area (Å²) in [6.45, 7) is 0. The molecule has 0 atom stereocenters. The highest BCUT2D eigenvalue weighted by atomic mass is 79.9. The van der Waals surface area contributed by atoms with Crippen molar-refractivity contribution in [3.63, 3.8) is 0 Å². The van der Waals surface area contributed by atoms with Gasteiger partial charge in [0.25, 0.3) is 0 Å². The molecule has 0 aromatic carbocycles. The molecule has 0 aliphatic heterocycles. The van der Waals surface area contributed by atoms with E-state index in [1.165, 1.54) is 11.2 Å². The topological polar surface area (TPSA) is 64.7 Å². The van der Waals surface area contributed by atoms with Crippen LogP contribution in [0.15, 0.2) is 27.4 Å². The van der Waals surface area contributed by atoms with E-state index in [1.54, 1.807) is 23.1 Å². The van der Waals surface area contributed by atoms with Crippen molar-refractivity contribution < 1.29 is 0 Å². The van der Waals surface area contributed by atoms with Gasteiger partial charge in [0, 0.05) is 20.5 Å². The van der Waals surface area contributed by atoms with Gasteiger partial charge in [0.2, 0.25) is 5.95 Å². The number of nitrogens with two attached hydrogens (primary N) is 1. The molecule has 0 bridgehead atoms. The maximum absolute atomic E-state index is 5.45. The van der Waals surface area contributed by atoms with Gasteiger partial charge in [-0.3, -0.25) is 0 Å². The van der Waals surface area contributed by atoms with Crippen LogP contribution in [0, 0.1) is 0 Å². The molecule has 0 aliphatic carbocycles. The van der Waals surface area contributed by atoms with E-state index >= 15 is 0 Å². The molecule has 0 unspecified atom stereocenters. The fourth-order valence-corrected chi connectivity index (χ4v) is 3.25. The lowest BCUT2D eigenvalue weighted by atomic mass is 10.5. The molecule has 0 aliphatic rings. The quantitative estimate of drug-likeness (QED) is 0.883. The highest BCUT2D eigenvalue weighted by molar-refractivity contribution is 9.10. The van der Waals surface area contributed by atoms with Gasteiger partial charge in [-0.2, -0.15) is 4.98 Å². The second kappa shape index (κ2) is 4.91. The maximum atomic E-state index is 5.45. The molecule has 2 rings (SSSR count). The number of thioether (sulfide) groups is 1. The predicted octanol–water partition coefficient (Wildman–Crippen LogP) is 2.57. The van der Waals surface area contributed by atoms with E-state index in [0.29, 0.717) is 5.16 Å². The highest BCUT2D eigenvalue weighted by Crippen LogP contribution is 2.26. The van der Waals surface area contributed by atoms with Crippen molar-refractivity contribution in [1.29, 1.82) is 0 Å². The normalized spacial score (nSPS) is 10.5. The summed E-state index contributed by atoms with van der Waals surface area (Å²) in [5.74, 6) is 1.11. The summed E-state index contributed by atoms with van der Waals surface area (Å²) in [5, 5.41) is 2.71. The van der Waals surface area contributed by atoms with Gasteiger partial charge in [0.1, 0.15) is 6.33 Å². The fourth-order valence-electron chi connectivity index (χ4n) is 0.928. The minimum absolute atomic E-state index is 0.264. The van der Waals surface area contributed by atoms with Crippen LogP contribution in [0.1, 0.15) is 4.88 Å². The average Bonchev–Trinajstić information content (AvgIpc) is 2.62. The Kier molecular flexibility index (Phi) is 3.55. The van der Waals surface area contributed by atoms with E-state index in [4.69, 9.17) is 5.73 Å². The fraction of sp³-hybridized carbons (Fsp3) is 0.125. The van der Waals surface area contributed by atoms with Crippen LogP contribution in [0.3, 0.4) is 0 Å². The second-order valence-corrected chi connectivity index (χ2v) is 5.50. The summed E-state index contributed by atoms with van der Waals surface area (Å²) in [6.07, 6.45) is 1.43. The largest absolute Gasteiger partial charge is 0.368 e. The van der Waals surface area contributed by atoms with Gasteiger partial charge in [-0.15, -0.1) is 11.3 Å². The number of thiophene rings is 1. The molecule has 2 aromatic rings. The maximum Gasteiger partial charge on any atom is 0.223 e. The van der Waals surface area contributed by atoms with Gasteiger partial charge in [-0.25, -0.2) is 9.97 Å². The number of aromatic nitrogens is 3. The number of hydrogen-bond acceptors (Lipinski definition) is 6. The molecule has 78 valence electrons. The lowest BCUT2D eigenvalue weighted by molar-refractivity contribution is 0.916. The molecular weight excluding hydrogens is 296 g/mol. The minimum atomic E-state index is 0.264. The SMILES string of the molecule is Nc1ncnc(SCc2cc(Br)cs2)n1. The average molecular weight is 303 g/mol. The van der Waals surface area contributed by atoms with Gasteiger partial charge in [0.15, 0.2) is 5.16 Å².